The van der Waals surface area contributed by atoms with E-state index in [-0.39, 0.29) is 11.8 Å². The molecular formula is C22H30N2O3. The van der Waals surface area contributed by atoms with Crippen LogP contribution >= 0.6 is 0 Å². The molecule has 2 aliphatic carbocycles. The number of fused-ring (bicyclic) bond motifs is 1. The van der Waals surface area contributed by atoms with Crippen LogP contribution in [0.3, 0.4) is 0 Å². The molecule has 2 saturated carbocycles. The summed E-state index contributed by atoms with van der Waals surface area (Å²) in [5, 5.41) is 2.67. The molecule has 5 nitrogen and oxygen atoms in total. The Morgan fingerprint density at radius 2 is 2.19 bits per heavy atom. The summed E-state index contributed by atoms with van der Waals surface area (Å²) < 4.78 is 4.61. The first-order chi connectivity index (χ1) is 13.1. The summed E-state index contributed by atoms with van der Waals surface area (Å²) in [6.07, 6.45) is 5.16. The predicted molar refractivity (Wildman–Crippen MR) is 104 cm³/mol. The van der Waals surface area contributed by atoms with Crippen molar-refractivity contribution in [3.05, 3.63) is 35.4 Å². The highest BCUT2D eigenvalue weighted by atomic mass is 16.5. The first-order valence-corrected chi connectivity index (χ1v) is 10.3. The number of nitrogens with one attached hydrogen (secondary N) is 1. The van der Waals surface area contributed by atoms with Gasteiger partial charge in [0.2, 0.25) is 5.91 Å². The summed E-state index contributed by atoms with van der Waals surface area (Å²) in [7, 11) is 1.34. The Bertz CT molecular complexity index is 730. The molecule has 1 heterocycles. The van der Waals surface area contributed by atoms with E-state index in [0.717, 1.165) is 31.8 Å². The minimum absolute atomic E-state index is 0.168. The van der Waals surface area contributed by atoms with Crippen molar-refractivity contribution in [2.45, 2.75) is 50.4 Å². The maximum atomic E-state index is 12.9. The molecule has 146 valence electrons. The molecule has 0 spiro atoms. The number of alkyl carbamates (subject to hydrolysis) is 1. The molecule has 1 aliphatic heterocycles. The van der Waals surface area contributed by atoms with Gasteiger partial charge in [0, 0.05) is 25.0 Å². The fourth-order valence-corrected chi connectivity index (χ4v) is 4.78. The Hall–Kier alpha value is -2.04. The third-order valence-electron chi connectivity index (χ3n) is 6.84. The van der Waals surface area contributed by atoms with Crippen LogP contribution in [0.1, 0.15) is 56.1 Å². The van der Waals surface area contributed by atoms with Gasteiger partial charge in [0.1, 0.15) is 0 Å². The topological polar surface area (TPSA) is 58.6 Å². The van der Waals surface area contributed by atoms with Gasteiger partial charge in [-0.15, -0.1) is 0 Å². The number of hydrogen-bond acceptors (Lipinski definition) is 3. The van der Waals surface area contributed by atoms with Crippen molar-refractivity contribution in [2.75, 3.05) is 26.7 Å². The zero-order valence-corrected chi connectivity index (χ0v) is 16.4. The summed E-state index contributed by atoms with van der Waals surface area (Å²) in [6, 6.07) is 9.22. The van der Waals surface area contributed by atoms with E-state index in [4.69, 9.17) is 0 Å². The van der Waals surface area contributed by atoms with Crippen LogP contribution in [-0.4, -0.2) is 43.6 Å². The molecule has 2 unspecified atom stereocenters. The molecule has 0 aromatic heterocycles. The zero-order valence-electron chi connectivity index (χ0n) is 16.4. The van der Waals surface area contributed by atoms with E-state index in [1.165, 1.54) is 37.5 Å². The van der Waals surface area contributed by atoms with Gasteiger partial charge in [-0.3, -0.25) is 4.79 Å². The Morgan fingerprint density at radius 3 is 2.85 bits per heavy atom. The van der Waals surface area contributed by atoms with Crippen molar-refractivity contribution in [1.82, 2.24) is 10.2 Å². The lowest BCUT2D eigenvalue weighted by molar-refractivity contribution is -0.136. The number of carbonyl (C=O) groups excluding carboxylic acids is 2. The van der Waals surface area contributed by atoms with Crippen molar-refractivity contribution < 1.29 is 14.3 Å². The predicted octanol–water partition coefficient (Wildman–Crippen LogP) is 3.44. The lowest BCUT2D eigenvalue weighted by Gasteiger charge is -2.34. The molecular weight excluding hydrogens is 340 g/mol. The number of piperidine rings is 1. The third kappa shape index (κ3) is 3.56. The maximum Gasteiger partial charge on any atom is 0.406 e. The first-order valence-electron chi connectivity index (χ1n) is 10.3. The summed E-state index contributed by atoms with van der Waals surface area (Å²) >= 11 is 0. The van der Waals surface area contributed by atoms with Gasteiger partial charge in [0.25, 0.3) is 0 Å². The number of rotatable bonds is 6. The van der Waals surface area contributed by atoms with Crippen LogP contribution in [0.5, 0.6) is 0 Å². The normalized spacial score (nSPS) is 27.5. The Morgan fingerprint density at radius 1 is 1.37 bits per heavy atom. The molecule has 27 heavy (non-hydrogen) atoms. The number of likely N-dealkylation sites (tertiary alicyclic amines) is 1. The highest BCUT2D eigenvalue weighted by Gasteiger charge is 2.58. The van der Waals surface area contributed by atoms with E-state index in [1.807, 2.05) is 11.8 Å². The van der Waals surface area contributed by atoms with Gasteiger partial charge >= 0.3 is 6.09 Å². The molecule has 2 amide bonds. The van der Waals surface area contributed by atoms with Crippen molar-refractivity contribution >= 4 is 12.0 Å². The van der Waals surface area contributed by atoms with Crippen molar-refractivity contribution in [1.29, 1.82) is 0 Å². The molecule has 1 saturated heterocycles. The fourth-order valence-electron chi connectivity index (χ4n) is 4.78. The molecule has 4 rings (SSSR count). The van der Waals surface area contributed by atoms with Gasteiger partial charge in [0.15, 0.2) is 0 Å². The third-order valence-corrected chi connectivity index (χ3v) is 6.84. The van der Waals surface area contributed by atoms with E-state index >= 15 is 0 Å². The molecule has 3 fully saturated rings. The van der Waals surface area contributed by atoms with E-state index < -0.39 is 6.09 Å². The summed E-state index contributed by atoms with van der Waals surface area (Å²) in [5.74, 6) is 1.36. The first kappa shape index (κ1) is 18.3. The maximum absolute atomic E-state index is 12.9. The van der Waals surface area contributed by atoms with Gasteiger partial charge in [-0.2, -0.15) is 0 Å². The van der Waals surface area contributed by atoms with Crippen LogP contribution in [0, 0.1) is 11.8 Å². The van der Waals surface area contributed by atoms with E-state index in [0.29, 0.717) is 17.9 Å². The number of hydrogen-bond donors (Lipinski definition) is 1. The monoisotopic (exact) mass is 370 g/mol. The van der Waals surface area contributed by atoms with Crippen LogP contribution < -0.4 is 5.32 Å². The number of ether oxygens (including phenoxy) is 1. The lowest BCUT2D eigenvalue weighted by Crippen LogP contribution is -2.46. The Kier molecular flexibility index (Phi) is 4.87. The summed E-state index contributed by atoms with van der Waals surface area (Å²) in [6.45, 7) is 4.01. The lowest BCUT2D eigenvalue weighted by atomic mass is 9.85. The number of benzene rings is 1. The van der Waals surface area contributed by atoms with E-state index in [9.17, 15) is 9.59 Å². The van der Waals surface area contributed by atoms with E-state index in [1.54, 1.807) is 0 Å². The zero-order chi connectivity index (χ0) is 19.0. The highest BCUT2D eigenvalue weighted by molar-refractivity contribution is 5.80. The molecule has 3 aliphatic rings. The Balaban J connectivity index is 1.38. The molecule has 1 N–H and O–H groups in total. The minimum atomic E-state index is -0.475. The van der Waals surface area contributed by atoms with Gasteiger partial charge < -0.3 is 15.0 Å². The number of amides is 2. The smallest absolute Gasteiger partial charge is 0.406 e. The molecule has 3 atom stereocenters. The standard InChI is InChI=1S/C22H30N2O3/c1-3-15(13-23-21(26)27-2)20(25)24-10-9-22(12-19(22)14-24)18-6-4-5-17(11-18)16-7-8-16/h4-6,11,15-16,19H,3,7-10,12-14H2,1-2H3,(H,23,26)/t15-,19?,22?/m1/s1. The van der Waals surface area contributed by atoms with Crippen molar-refractivity contribution in [3.8, 4) is 0 Å². The Labute approximate surface area is 161 Å². The molecule has 1 aromatic rings. The summed E-state index contributed by atoms with van der Waals surface area (Å²) in [5.41, 5.74) is 3.29. The van der Waals surface area contributed by atoms with Gasteiger partial charge in [-0.1, -0.05) is 31.2 Å². The van der Waals surface area contributed by atoms with Crippen LogP contribution in [0.4, 0.5) is 4.79 Å². The molecule has 1 aromatic carbocycles. The average molecular weight is 370 g/mol. The van der Waals surface area contributed by atoms with Crippen LogP contribution in [0.25, 0.3) is 0 Å². The summed E-state index contributed by atoms with van der Waals surface area (Å²) in [4.78, 5) is 26.3. The SMILES string of the molecule is CC[C@H](CNC(=O)OC)C(=O)N1CCC2(c3cccc(C4CC4)c3)CC2C1. The quantitative estimate of drug-likeness (QED) is 0.834. The van der Waals surface area contributed by atoms with Crippen LogP contribution in [0.15, 0.2) is 24.3 Å². The van der Waals surface area contributed by atoms with Crippen LogP contribution in [0.2, 0.25) is 0 Å². The second kappa shape index (κ2) is 7.17. The second-order valence-electron chi connectivity index (χ2n) is 8.47. The highest BCUT2D eigenvalue weighted by Crippen LogP contribution is 2.59. The van der Waals surface area contributed by atoms with Crippen LogP contribution in [-0.2, 0) is 14.9 Å². The number of methoxy groups -OCH3 is 1. The van der Waals surface area contributed by atoms with Gasteiger partial charge in [-0.25, -0.2) is 4.79 Å². The number of carbonyl (C=O) groups is 2. The number of nitrogens with zero attached hydrogens (tertiary/aromatic N) is 1. The molecule has 0 bridgehead atoms. The fraction of sp³-hybridized carbons (Fsp3) is 0.636. The van der Waals surface area contributed by atoms with Crippen molar-refractivity contribution in [2.24, 2.45) is 11.8 Å². The largest absolute Gasteiger partial charge is 0.453 e. The van der Waals surface area contributed by atoms with Gasteiger partial charge in [0.05, 0.1) is 13.0 Å². The molecule has 5 heteroatoms. The molecule has 0 radical (unpaired) electrons. The van der Waals surface area contributed by atoms with Gasteiger partial charge in [-0.05, 0) is 55.1 Å². The van der Waals surface area contributed by atoms with E-state index in [2.05, 4.69) is 34.3 Å². The second-order valence-corrected chi connectivity index (χ2v) is 8.47. The van der Waals surface area contributed by atoms with Crippen molar-refractivity contribution in [3.63, 3.8) is 0 Å². The minimum Gasteiger partial charge on any atom is -0.453 e. The average Bonchev–Trinajstić information content (AvgIpc) is 3.61.